The minimum atomic E-state index is -1.11. The van der Waals surface area contributed by atoms with Gasteiger partial charge in [0.15, 0.2) is 0 Å². The van der Waals surface area contributed by atoms with E-state index in [4.69, 9.17) is 5.26 Å². The molecule has 6 nitrogen and oxygen atoms in total. The van der Waals surface area contributed by atoms with Gasteiger partial charge in [-0.05, 0) is 18.9 Å². The van der Waals surface area contributed by atoms with Crippen LogP contribution >= 0.6 is 0 Å². The maximum absolute atomic E-state index is 13.0. The molecule has 1 aromatic carbocycles. The summed E-state index contributed by atoms with van der Waals surface area (Å²) < 4.78 is 13.0. The van der Waals surface area contributed by atoms with Crippen LogP contribution in [0.3, 0.4) is 0 Å². The number of nitriles is 1. The fraction of sp³-hybridized carbons (Fsp3) is 0.273. The lowest BCUT2D eigenvalue weighted by Crippen LogP contribution is -2.23. The fourth-order valence-corrected chi connectivity index (χ4v) is 1.52. The van der Waals surface area contributed by atoms with Gasteiger partial charge in [0.05, 0.1) is 11.0 Å². The lowest BCUT2D eigenvalue weighted by Gasteiger charge is -2.08. The number of nitro groups is 1. The first-order valence-corrected chi connectivity index (χ1v) is 5.15. The van der Waals surface area contributed by atoms with Gasteiger partial charge in [0, 0.05) is 12.1 Å². The van der Waals surface area contributed by atoms with Crippen LogP contribution in [0.5, 0.6) is 0 Å². The van der Waals surface area contributed by atoms with Crippen LogP contribution in [-0.2, 0) is 4.79 Å². The monoisotopic (exact) mass is 249 g/mol. The highest BCUT2D eigenvalue weighted by Gasteiger charge is 2.51. The number of nitro benzene ring substituents is 1. The van der Waals surface area contributed by atoms with Crippen molar-refractivity contribution in [1.82, 2.24) is 0 Å². The van der Waals surface area contributed by atoms with Crippen molar-refractivity contribution in [2.24, 2.45) is 5.41 Å². The Balaban J connectivity index is 2.29. The zero-order valence-electron chi connectivity index (χ0n) is 9.14. The topological polar surface area (TPSA) is 96.0 Å². The number of carbonyl (C=O) groups excluding carboxylic acids is 1. The predicted octanol–water partition coefficient (Wildman–Crippen LogP) is 1.98. The first-order chi connectivity index (χ1) is 8.48. The third-order valence-corrected chi connectivity index (χ3v) is 2.80. The fourth-order valence-electron chi connectivity index (χ4n) is 1.52. The van der Waals surface area contributed by atoms with Gasteiger partial charge in [-0.2, -0.15) is 5.26 Å². The molecule has 7 heteroatoms. The van der Waals surface area contributed by atoms with Crippen molar-refractivity contribution in [2.75, 3.05) is 5.32 Å². The molecule has 0 atom stereocenters. The Bertz CT molecular complexity index is 575. The number of anilines is 1. The summed E-state index contributed by atoms with van der Waals surface area (Å²) in [6.45, 7) is 0. The second-order valence-electron chi connectivity index (χ2n) is 4.07. The number of nitrogens with one attached hydrogen (secondary N) is 1. The molecule has 1 amide bonds. The highest BCUT2D eigenvalue weighted by molar-refractivity contribution is 6.00. The lowest BCUT2D eigenvalue weighted by molar-refractivity contribution is -0.384. The normalized spacial score (nSPS) is 15.6. The molecule has 0 bridgehead atoms. The molecular weight excluding hydrogens is 241 g/mol. The van der Waals surface area contributed by atoms with Crippen molar-refractivity contribution in [1.29, 1.82) is 5.26 Å². The van der Waals surface area contributed by atoms with E-state index in [9.17, 15) is 19.3 Å². The number of carbonyl (C=O) groups is 1. The lowest BCUT2D eigenvalue weighted by atomic mass is 10.1. The van der Waals surface area contributed by atoms with E-state index in [1.807, 2.05) is 6.07 Å². The van der Waals surface area contributed by atoms with Crippen LogP contribution in [0, 0.1) is 32.7 Å². The van der Waals surface area contributed by atoms with Gasteiger partial charge in [0.25, 0.3) is 5.69 Å². The number of rotatable bonds is 3. The minimum absolute atomic E-state index is 0.230. The summed E-state index contributed by atoms with van der Waals surface area (Å²) in [5, 5.41) is 21.8. The molecule has 0 saturated heterocycles. The van der Waals surface area contributed by atoms with Crippen LogP contribution in [0.2, 0.25) is 0 Å². The highest BCUT2D eigenvalue weighted by atomic mass is 19.1. The Kier molecular flexibility index (Phi) is 2.71. The van der Waals surface area contributed by atoms with Gasteiger partial charge in [0.2, 0.25) is 5.91 Å². The molecule has 1 aliphatic rings. The third kappa shape index (κ3) is 2.00. The quantitative estimate of drug-likeness (QED) is 0.654. The summed E-state index contributed by atoms with van der Waals surface area (Å²) in [5.74, 6) is -1.32. The van der Waals surface area contributed by atoms with Crippen molar-refractivity contribution in [3.63, 3.8) is 0 Å². The van der Waals surface area contributed by atoms with Crippen LogP contribution in [0.4, 0.5) is 15.8 Å². The van der Waals surface area contributed by atoms with E-state index in [1.54, 1.807) is 0 Å². The van der Waals surface area contributed by atoms with E-state index >= 15 is 0 Å². The summed E-state index contributed by atoms with van der Waals surface area (Å²) in [6.07, 6.45) is 0.830. The van der Waals surface area contributed by atoms with Gasteiger partial charge in [-0.15, -0.1) is 0 Å². The van der Waals surface area contributed by atoms with Crippen LogP contribution < -0.4 is 5.32 Å². The van der Waals surface area contributed by atoms with E-state index in [-0.39, 0.29) is 5.69 Å². The Hall–Kier alpha value is -2.49. The molecule has 0 aliphatic heterocycles. The Morgan fingerprint density at radius 3 is 2.72 bits per heavy atom. The molecule has 0 unspecified atom stereocenters. The summed E-state index contributed by atoms with van der Waals surface area (Å²) in [7, 11) is 0. The van der Waals surface area contributed by atoms with Gasteiger partial charge in [-0.1, -0.05) is 0 Å². The molecule has 0 spiro atoms. The predicted molar refractivity (Wildman–Crippen MR) is 59.0 cm³/mol. The maximum atomic E-state index is 13.0. The SMILES string of the molecule is N#CC1(C(=O)Nc2cc(F)ccc2[N+](=O)[O-])CC1. The average Bonchev–Trinajstić information content (AvgIpc) is 3.09. The molecule has 1 aliphatic carbocycles. The van der Waals surface area contributed by atoms with Crippen LogP contribution in [0.25, 0.3) is 0 Å². The number of hydrogen-bond acceptors (Lipinski definition) is 4. The molecule has 92 valence electrons. The number of halogens is 1. The molecule has 2 rings (SSSR count). The summed E-state index contributed by atoms with van der Waals surface area (Å²) in [5.41, 5.74) is -1.75. The van der Waals surface area contributed by atoms with E-state index in [0.29, 0.717) is 12.8 Å². The minimum Gasteiger partial charge on any atom is -0.319 e. The Morgan fingerprint density at radius 1 is 1.56 bits per heavy atom. The second-order valence-corrected chi connectivity index (χ2v) is 4.07. The molecule has 0 radical (unpaired) electrons. The summed E-state index contributed by atoms with van der Waals surface area (Å²) in [6, 6.07) is 4.63. The molecule has 1 fully saturated rings. The van der Waals surface area contributed by atoms with Gasteiger partial charge >= 0.3 is 0 Å². The summed E-state index contributed by atoms with van der Waals surface area (Å²) in [4.78, 5) is 21.7. The largest absolute Gasteiger partial charge is 0.319 e. The van der Waals surface area contributed by atoms with Crippen molar-refractivity contribution >= 4 is 17.3 Å². The second kappa shape index (κ2) is 4.07. The van der Waals surface area contributed by atoms with E-state index in [0.717, 1.165) is 18.2 Å². The van der Waals surface area contributed by atoms with E-state index in [1.165, 1.54) is 0 Å². The van der Waals surface area contributed by atoms with Crippen LogP contribution in [0.15, 0.2) is 18.2 Å². The molecule has 1 N–H and O–H groups in total. The van der Waals surface area contributed by atoms with Crippen LogP contribution in [-0.4, -0.2) is 10.8 Å². The maximum Gasteiger partial charge on any atom is 0.292 e. The number of amides is 1. The Morgan fingerprint density at radius 2 is 2.22 bits per heavy atom. The third-order valence-electron chi connectivity index (χ3n) is 2.80. The first-order valence-electron chi connectivity index (χ1n) is 5.15. The standard InChI is InChI=1S/C11H8FN3O3/c12-7-1-2-9(15(17)18)8(5-7)14-10(16)11(6-13)3-4-11/h1-2,5H,3-4H2,(H,14,16). The molecule has 1 saturated carbocycles. The van der Waals surface area contributed by atoms with Crippen molar-refractivity contribution < 1.29 is 14.1 Å². The average molecular weight is 249 g/mol. The number of nitrogens with zero attached hydrogens (tertiary/aromatic N) is 2. The molecule has 18 heavy (non-hydrogen) atoms. The smallest absolute Gasteiger partial charge is 0.292 e. The summed E-state index contributed by atoms with van der Waals surface area (Å²) >= 11 is 0. The molecule has 0 aromatic heterocycles. The van der Waals surface area contributed by atoms with E-state index in [2.05, 4.69) is 5.32 Å². The number of hydrogen-bond donors (Lipinski definition) is 1. The molecular formula is C11H8FN3O3. The van der Waals surface area contributed by atoms with Gasteiger partial charge < -0.3 is 5.32 Å². The number of benzene rings is 1. The molecule has 0 heterocycles. The van der Waals surface area contributed by atoms with Crippen LogP contribution in [0.1, 0.15) is 12.8 Å². The molecule has 1 aromatic rings. The van der Waals surface area contributed by atoms with E-state index < -0.39 is 27.8 Å². The zero-order chi connectivity index (χ0) is 13.3. The zero-order valence-corrected chi connectivity index (χ0v) is 9.14. The van der Waals surface area contributed by atoms with Gasteiger partial charge in [-0.25, -0.2) is 4.39 Å². The van der Waals surface area contributed by atoms with Crippen molar-refractivity contribution in [2.45, 2.75) is 12.8 Å². The van der Waals surface area contributed by atoms with Crippen molar-refractivity contribution in [3.8, 4) is 6.07 Å². The Labute approximate surface area is 101 Å². The first kappa shape index (κ1) is 12.0. The van der Waals surface area contributed by atoms with Gasteiger partial charge in [0.1, 0.15) is 16.9 Å². The van der Waals surface area contributed by atoms with Gasteiger partial charge in [-0.3, -0.25) is 14.9 Å². The highest BCUT2D eigenvalue weighted by Crippen LogP contribution is 2.46. The van der Waals surface area contributed by atoms with Crippen molar-refractivity contribution in [3.05, 3.63) is 34.1 Å².